The van der Waals surface area contributed by atoms with Crippen LogP contribution < -0.4 is 10.6 Å². The molecule has 1 aromatic heterocycles. The van der Waals surface area contributed by atoms with Crippen LogP contribution in [0.4, 0.5) is 0 Å². The first-order chi connectivity index (χ1) is 9.70. The smallest absolute Gasteiger partial charge is 0.252 e. The van der Waals surface area contributed by atoms with Crippen molar-refractivity contribution in [2.75, 3.05) is 13.2 Å². The number of carbonyl (C=O) groups is 2. The van der Waals surface area contributed by atoms with Crippen LogP contribution in [-0.4, -0.2) is 41.1 Å². The van der Waals surface area contributed by atoms with E-state index in [1.54, 1.807) is 6.07 Å². The predicted molar refractivity (Wildman–Crippen MR) is 71.7 cm³/mol. The minimum absolute atomic E-state index is 0.00825. The van der Waals surface area contributed by atoms with Gasteiger partial charge in [-0.05, 0) is 12.5 Å². The molecule has 2 heterocycles. The molecule has 0 radical (unpaired) electrons. The summed E-state index contributed by atoms with van der Waals surface area (Å²) in [5, 5.41) is 14.3. The highest BCUT2D eigenvalue weighted by molar-refractivity contribution is 5.96. The molecule has 1 saturated heterocycles. The van der Waals surface area contributed by atoms with Crippen molar-refractivity contribution in [3.05, 3.63) is 29.6 Å². The van der Waals surface area contributed by atoms with Crippen molar-refractivity contribution >= 4 is 11.8 Å². The first-order valence-corrected chi connectivity index (χ1v) is 6.32. The zero-order valence-electron chi connectivity index (χ0n) is 10.8. The molecule has 3 N–H and O–H groups in total. The van der Waals surface area contributed by atoms with E-state index in [1.165, 1.54) is 12.4 Å². The Morgan fingerprint density at radius 3 is 3.15 bits per heavy atom. The summed E-state index contributed by atoms with van der Waals surface area (Å²) < 4.78 is 0. The molecule has 1 aliphatic rings. The number of piperidine rings is 1. The molecule has 0 aromatic carbocycles. The van der Waals surface area contributed by atoms with Gasteiger partial charge in [-0.25, -0.2) is 0 Å². The quantitative estimate of drug-likeness (QED) is 0.630. The summed E-state index contributed by atoms with van der Waals surface area (Å²) in [4.78, 5) is 27.2. The largest absolute Gasteiger partial charge is 0.384 e. The van der Waals surface area contributed by atoms with Crippen LogP contribution in [0.5, 0.6) is 0 Å². The second-order valence-electron chi connectivity index (χ2n) is 4.39. The number of nitrogens with one attached hydrogen (secondary N) is 2. The van der Waals surface area contributed by atoms with E-state index in [2.05, 4.69) is 27.5 Å². The number of pyridine rings is 1. The van der Waals surface area contributed by atoms with Crippen LogP contribution in [0.3, 0.4) is 0 Å². The minimum Gasteiger partial charge on any atom is -0.384 e. The third-order valence-electron chi connectivity index (χ3n) is 2.97. The van der Waals surface area contributed by atoms with Gasteiger partial charge in [-0.15, -0.1) is 0 Å². The topological polar surface area (TPSA) is 91.3 Å². The zero-order valence-corrected chi connectivity index (χ0v) is 10.8. The van der Waals surface area contributed by atoms with E-state index in [9.17, 15) is 9.59 Å². The first kappa shape index (κ1) is 14.0. The molecule has 6 heteroatoms. The van der Waals surface area contributed by atoms with Gasteiger partial charge < -0.3 is 15.7 Å². The third-order valence-corrected chi connectivity index (χ3v) is 2.97. The maximum Gasteiger partial charge on any atom is 0.252 e. The maximum absolute atomic E-state index is 12.2. The lowest BCUT2D eigenvalue weighted by atomic mass is 10.1. The van der Waals surface area contributed by atoms with Gasteiger partial charge in [0.25, 0.3) is 5.91 Å². The molecular formula is C14H15N3O3. The highest BCUT2D eigenvalue weighted by Crippen LogP contribution is 2.08. The van der Waals surface area contributed by atoms with Crippen LogP contribution in [0.2, 0.25) is 0 Å². The number of rotatable bonds is 2. The van der Waals surface area contributed by atoms with E-state index in [1.807, 2.05) is 0 Å². The lowest BCUT2D eigenvalue weighted by Gasteiger charge is -2.23. The first-order valence-electron chi connectivity index (χ1n) is 6.32. The Bertz CT molecular complexity index is 565. The normalized spacial score (nSPS) is 17.6. The molecule has 1 unspecified atom stereocenters. The molecule has 0 aliphatic carbocycles. The summed E-state index contributed by atoms with van der Waals surface area (Å²) in [6.07, 6.45) is 4.04. The number of aliphatic hydroxyl groups is 1. The van der Waals surface area contributed by atoms with Gasteiger partial charge >= 0.3 is 0 Å². The van der Waals surface area contributed by atoms with Gasteiger partial charge in [0.15, 0.2) is 0 Å². The Morgan fingerprint density at radius 1 is 1.60 bits per heavy atom. The Hall–Kier alpha value is -2.39. The lowest BCUT2D eigenvalue weighted by Crippen LogP contribution is -2.47. The average Bonchev–Trinajstić information content (AvgIpc) is 2.47. The molecule has 1 aliphatic heterocycles. The fourth-order valence-corrected chi connectivity index (χ4v) is 1.95. The number of aromatic nitrogens is 1. The molecule has 0 saturated carbocycles. The number of hydrogen-bond acceptors (Lipinski definition) is 4. The summed E-state index contributed by atoms with van der Waals surface area (Å²) in [6, 6.07) is 1.50. The summed E-state index contributed by atoms with van der Waals surface area (Å²) >= 11 is 0. The molecular weight excluding hydrogens is 258 g/mol. The van der Waals surface area contributed by atoms with E-state index < -0.39 is 0 Å². The van der Waals surface area contributed by atoms with Gasteiger partial charge in [0.05, 0.1) is 11.1 Å². The van der Waals surface area contributed by atoms with Crippen LogP contribution >= 0.6 is 0 Å². The number of hydrogen-bond donors (Lipinski definition) is 3. The molecule has 6 nitrogen and oxygen atoms in total. The predicted octanol–water partition coefficient (Wildman–Crippen LogP) is -0.566. The standard InChI is InChI=1S/C14H15N3O3/c18-7-1-2-10-8-15-6-5-12(10)14(20)17-11-3-4-13(19)16-9-11/h5-6,8,11,18H,3-4,7,9H2,(H,16,19)(H,17,20). The van der Waals surface area contributed by atoms with E-state index >= 15 is 0 Å². The zero-order chi connectivity index (χ0) is 14.4. The number of amides is 2. The van der Waals surface area contributed by atoms with Gasteiger partial charge in [0, 0.05) is 31.4 Å². The third kappa shape index (κ3) is 3.56. The second-order valence-corrected chi connectivity index (χ2v) is 4.39. The SMILES string of the molecule is O=C1CCC(NC(=O)c2ccncc2C#CCO)CN1. The molecule has 1 fully saturated rings. The lowest BCUT2D eigenvalue weighted by molar-refractivity contribution is -0.122. The second kappa shape index (κ2) is 6.68. The average molecular weight is 273 g/mol. The van der Waals surface area contributed by atoms with E-state index in [0.29, 0.717) is 30.5 Å². The summed E-state index contributed by atoms with van der Waals surface area (Å²) in [7, 11) is 0. The van der Waals surface area contributed by atoms with Gasteiger partial charge in [-0.3, -0.25) is 14.6 Å². The summed E-state index contributed by atoms with van der Waals surface area (Å²) in [5.41, 5.74) is 0.886. The number of carbonyl (C=O) groups excluding carboxylic acids is 2. The van der Waals surface area contributed by atoms with Gasteiger partial charge in [0.1, 0.15) is 6.61 Å². The van der Waals surface area contributed by atoms with Crippen LogP contribution in [-0.2, 0) is 4.79 Å². The van der Waals surface area contributed by atoms with E-state index in [0.717, 1.165) is 0 Å². The van der Waals surface area contributed by atoms with Crippen molar-refractivity contribution in [3.63, 3.8) is 0 Å². The molecule has 0 spiro atoms. The van der Waals surface area contributed by atoms with E-state index in [-0.39, 0.29) is 24.5 Å². The maximum atomic E-state index is 12.2. The van der Waals surface area contributed by atoms with Crippen LogP contribution in [0.25, 0.3) is 0 Å². The van der Waals surface area contributed by atoms with Crippen molar-refractivity contribution < 1.29 is 14.7 Å². The Labute approximate surface area is 116 Å². The fourth-order valence-electron chi connectivity index (χ4n) is 1.95. The van der Waals surface area contributed by atoms with E-state index in [4.69, 9.17) is 5.11 Å². The van der Waals surface area contributed by atoms with Crippen molar-refractivity contribution in [3.8, 4) is 11.8 Å². The van der Waals surface area contributed by atoms with Crippen LogP contribution in [0.15, 0.2) is 18.5 Å². The molecule has 2 amide bonds. The van der Waals surface area contributed by atoms with Crippen molar-refractivity contribution in [1.82, 2.24) is 15.6 Å². The number of nitrogens with zero attached hydrogens (tertiary/aromatic N) is 1. The van der Waals surface area contributed by atoms with Crippen molar-refractivity contribution in [2.24, 2.45) is 0 Å². The van der Waals surface area contributed by atoms with Crippen molar-refractivity contribution in [1.29, 1.82) is 0 Å². The van der Waals surface area contributed by atoms with Crippen molar-refractivity contribution in [2.45, 2.75) is 18.9 Å². The summed E-state index contributed by atoms with van der Waals surface area (Å²) in [5.74, 6) is 4.95. The van der Waals surface area contributed by atoms with Gasteiger partial charge in [-0.2, -0.15) is 0 Å². The van der Waals surface area contributed by atoms with Gasteiger partial charge in [-0.1, -0.05) is 11.8 Å². The molecule has 2 rings (SSSR count). The molecule has 104 valence electrons. The summed E-state index contributed by atoms with van der Waals surface area (Å²) in [6.45, 7) is 0.165. The van der Waals surface area contributed by atoms with Crippen LogP contribution in [0, 0.1) is 11.8 Å². The highest BCUT2D eigenvalue weighted by atomic mass is 16.2. The van der Waals surface area contributed by atoms with Crippen LogP contribution in [0.1, 0.15) is 28.8 Å². The number of aliphatic hydroxyl groups excluding tert-OH is 1. The molecule has 1 aromatic rings. The minimum atomic E-state index is -0.273. The highest BCUT2D eigenvalue weighted by Gasteiger charge is 2.21. The molecule has 20 heavy (non-hydrogen) atoms. The fraction of sp³-hybridized carbons (Fsp3) is 0.357. The molecule has 1 atom stereocenters. The Balaban J connectivity index is 2.07. The Kier molecular flexibility index (Phi) is 4.69. The Morgan fingerprint density at radius 2 is 2.45 bits per heavy atom. The van der Waals surface area contributed by atoms with Gasteiger partial charge in [0.2, 0.25) is 5.91 Å². The molecule has 0 bridgehead atoms. The monoisotopic (exact) mass is 273 g/mol.